The van der Waals surface area contributed by atoms with Gasteiger partial charge in [0.15, 0.2) is 0 Å². The first kappa shape index (κ1) is 14.2. The van der Waals surface area contributed by atoms with Crippen molar-refractivity contribution in [1.29, 1.82) is 0 Å². The normalized spacial score (nSPS) is 13.1. The van der Waals surface area contributed by atoms with Crippen LogP contribution in [0, 0.1) is 19.8 Å². The molecule has 1 heteroatoms. The maximum absolute atomic E-state index is 6.18. The molecule has 1 nitrogen and oxygen atoms in total. The SMILES string of the molecule is Cc1ccc(CC(N)CCCC(C)C)cc1C. The lowest BCUT2D eigenvalue weighted by atomic mass is 9.97. The van der Waals surface area contributed by atoms with Crippen LogP contribution in [-0.4, -0.2) is 6.04 Å². The van der Waals surface area contributed by atoms with Gasteiger partial charge < -0.3 is 5.73 Å². The predicted octanol–water partition coefficient (Wildman–Crippen LogP) is 4.00. The molecule has 17 heavy (non-hydrogen) atoms. The second kappa shape index (κ2) is 6.80. The van der Waals surface area contributed by atoms with Gasteiger partial charge in [0.2, 0.25) is 0 Å². The molecule has 96 valence electrons. The van der Waals surface area contributed by atoms with Gasteiger partial charge in [0, 0.05) is 6.04 Å². The standard InChI is InChI=1S/C16H27N/c1-12(2)6-5-7-16(17)11-15-9-8-13(3)14(4)10-15/h8-10,12,16H,5-7,11,17H2,1-4H3. The lowest BCUT2D eigenvalue weighted by Crippen LogP contribution is -2.22. The van der Waals surface area contributed by atoms with Crippen LogP contribution in [0.5, 0.6) is 0 Å². The molecule has 0 aliphatic rings. The van der Waals surface area contributed by atoms with Crippen LogP contribution in [0.1, 0.15) is 49.8 Å². The van der Waals surface area contributed by atoms with Crippen molar-refractivity contribution in [3.05, 3.63) is 34.9 Å². The zero-order chi connectivity index (χ0) is 12.8. The van der Waals surface area contributed by atoms with Crippen LogP contribution in [0.25, 0.3) is 0 Å². The summed E-state index contributed by atoms with van der Waals surface area (Å²) in [4.78, 5) is 0. The maximum Gasteiger partial charge on any atom is 0.00793 e. The van der Waals surface area contributed by atoms with Crippen LogP contribution >= 0.6 is 0 Å². The average molecular weight is 233 g/mol. The number of benzene rings is 1. The molecule has 1 aromatic carbocycles. The Bertz CT molecular complexity index is 341. The molecule has 0 saturated carbocycles. The second-order valence-corrected chi connectivity index (χ2v) is 5.71. The molecule has 1 rings (SSSR count). The van der Waals surface area contributed by atoms with Crippen molar-refractivity contribution < 1.29 is 0 Å². The molecule has 0 fully saturated rings. The van der Waals surface area contributed by atoms with Crippen LogP contribution in [0.2, 0.25) is 0 Å². The Morgan fingerprint density at radius 1 is 1.06 bits per heavy atom. The molecule has 0 aliphatic carbocycles. The molecule has 0 heterocycles. The first-order valence-corrected chi connectivity index (χ1v) is 6.80. The molecule has 2 N–H and O–H groups in total. The van der Waals surface area contributed by atoms with E-state index in [-0.39, 0.29) is 0 Å². The van der Waals surface area contributed by atoms with Crippen molar-refractivity contribution in [3.8, 4) is 0 Å². The monoisotopic (exact) mass is 233 g/mol. The summed E-state index contributed by atoms with van der Waals surface area (Å²) in [5, 5.41) is 0. The van der Waals surface area contributed by atoms with Gasteiger partial charge in [0.1, 0.15) is 0 Å². The Morgan fingerprint density at radius 2 is 1.76 bits per heavy atom. The fourth-order valence-corrected chi connectivity index (χ4v) is 2.12. The van der Waals surface area contributed by atoms with Gasteiger partial charge in [0.25, 0.3) is 0 Å². The van der Waals surface area contributed by atoms with Gasteiger partial charge in [-0.05, 0) is 49.3 Å². The van der Waals surface area contributed by atoms with E-state index in [4.69, 9.17) is 5.73 Å². The predicted molar refractivity (Wildman–Crippen MR) is 76.3 cm³/mol. The minimum atomic E-state index is 0.316. The topological polar surface area (TPSA) is 26.0 Å². The second-order valence-electron chi connectivity index (χ2n) is 5.71. The summed E-state index contributed by atoms with van der Waals surface area (Å²) in [5.74, 6) is 0.795. The first-order chi connectivity index (χ1) is 7.99. The summed E-state index contributed by atoms with van der Waals surface area (Å²) in [6.45, 7) is 8.87. The molecule has 0 spiro atoms. The van der Waals surface area contributed by atoms with Crippen LogP contribution in [0.15, 0.2) is 18.2 Å². The Hall–Kier alpha value is -0.820. The summed E-state index contributed by atoms with van der Waals surface area (Å²) >= 11 is 0. The van der Waals surface area contributed by atoms with Gasteiger partial charge in [-0.2, -0.15) is 0 Å². The molecule has 0 amide bonds. The number of rotatable bonds is 6. The summed E-state index contributed by atoms with van der Waals surface area (Å²) < 4.78 is 0. The molecular formula is C16H27N. The van der Waals surface area contributed by atoms with Gasteiger partial charge in [-0.1, -0.05) is 44.9 Å². The highest BCUT2D eigenvalue weighted by atomic mass is 14.6. The van der Waals surface area contributed by atoms with Gasteiger partial charge in [-0.25, -0.2) is 0 Å². The summed E-state index contributed by atoms with van der Waals surface area (Å²) in [6.07, 6.45) is 4.70. The van der Waals surface area contributed by atoms with Crippen LogP contribution in [0.3, 0.4) is 0 Å². The zero-order valence-corrected chi connectivity index (χ0v) is 11.8. The highest BCUT2D eigenvalue weighted by Crippen LogP contribution is 2.14. The summed E-state index contributed by atoms with van der Waals surface area (Å²) in [6, 6.07) is 7.00. The molecule has 0 saturated heterocycles. The minimum Gasteiger partial charge on any atom is -0.327 e. The number of hydrogen-bond acceptors (Lipinski definition) is 1. The van der Waals surface area contributed by atoms with Crippen molar-refractivity contribution in [3.63, 3.8) is 0 Å². The van der Waals surface area contributed by atoms with Crippen molar-refractivity contribution >= 4 is 0 Å². The Balaban J connectivity index is 2.39. The van der Waals surface area contributed by atoms with E-state index in [0.29, 0.717) is 6.04 Å². The Morgan fingerprint density at radius 3 is 2.35 bits per heavy atom. The van der Waals surface area contributed by atoms with Crippen LogP contribution < -0.4 is 5.73 Å². The average Bonchev–Trinajstić information content (AvgIpc) is 2.23. The molecule has 1 unspecified atom stereocenters. The van der Waals surface area contributed by atoms with Gasteiger partial charge in [-0.15, -0.1) is 0 Å². The lowest BCUT2D eigenvalue weighted by Gasteiger charge is -2.13. The molecule has 0 bridgehead atoms. The first-order valence-electron chi connectivity index (χ1n) is 6.80. The van der Waals surface area contributed by atoms with Gasteiger partial charge in [-0.3, -0.25) is 0 Å². The van der Waals surface area contributed by atoms with Crippen molar-refractivity contribution in [1.82, 2.24) is 0 Å². The molecular weight excluding hydrogens is 206 g/mol. The Kier molecular flexibility index (Phi) is 5.70. The molecule has 0 aliphatic heterocycles. The van der Waals surface area contributed by atoms with Crippen LogP contribution in [-0.2, 0) is 6.42 Å². The van der Waals surface area contributed by atoms with Crippen LogP contribution in [0.4, 0.5) is 0 Å². The maximum atomic E-state index is 6.18. The Labute approximate surface area is 106 Å². The molecule has 1 aromatic rings. The van der Waals surface area contributed by atoms with E-state index >= 15 is 0 Å². The molecule has 0 aromatic heterocycles. The summed E-state index contributed by atoms with van der Waals surface area (Å²) in [5.41, 5.74) is 10.3. The van der Waals surface area contributed by atoms with Gasteiger partial charge >= 0.3 is 0 Å². The van der Waals surface area contributed by atoms with Gasteiger partial charge in [0.05, 0.1) is 0 Å². The zero-order valence-electron chi connectivity index (χ0n) is 11.8. The third kappa shape index (κ3) is 5.36. The van der Waals surface area contributed by atoms with Crippen molar-refractivity contribution in [2.45, 2.75) is 59.4 Å². The van der Waals surface area contributed by atoms with Crippen molar-refractivity contribution in [2.75, 3.05) is 0 Å². The largest absolute Gasteiger partial charge is 0.327 e. The van der Waals surface area contributed by atoms with E-state index in [9.17, 15) is 0 Å². The highest BCUT2D eigenvalue weighted by Gasteiger charge is 2.05. The fraction of sp³-hybridized carbons (Fsp3) is 0.625. The third-order valence-electron chi connectivity index (χ3n) is 3.43. The van der Waals surface area contributed by atoms with E-state index in [2.05, 4.69) is 45.9 Å². The number of hydrogen-bond donors (Lipinski definition) is 1. The highest BCUT2D eigenvalue weighted by molar-refractivity contribution is 5.30. The quantitative estimate of drug-likeness (QED) is 0.789. The number of aryl methyl sites for hydroxylation is 2. The van der Waals surface area contributed by atoms with E-state index in [1.807, 2.05) is 0 Å². The minimum absolute atomic E-state index is 0.316. The number of nitrogens with two attached hydrogens (primary N) is 1. The summed E-state index contributed by atoms with van der Waals surface area (Å²) in [7, 11) is 0. The van der Waals surface area contributed by atoms with E-state index in [1.54, 1.807) is 0 Å². The van der Waals surface area contributed by atoms with E-state index < -0.39 is 0 Å². The smallest absolute Gasteiger partial charge is 0.00793 e. The van der Waals surface area contributed by atoms with E-state index in [0.717, 1.165) is 18.8 Å². The third-order valence-corrected chi connectivity index (χ3v) is 3.43. The lowest BCUT2D eigenvalue weighted by molar-refractivity contribution is 0.496. The fourth-order valence-electron chi connectivity index (χ4n) is 2.12. The molecule has 0 radical (unpaired) electrons. The van der Waals surface area contributed by atoms with E-state index in [1.165, 1.54) is 29.5 Å². The molecule has 1 atom stereocenters. The van der Waals surface area contributed by atoms with Crippen molar-refractivity contribution in [2.24, 2.45) is 11.7 Å².